The lowest BCUT2D eigenvalue weighted by Gasteiger charge is -2.32. The lowest BCUT2D eigenvalue weighted by molar-refractivity contribution is 0.198. The Bertz CT molecular complexity index is 927. The molecule has 3 aromatic rings. The highest BCUT2D eigenvalue weighted by Crippen LogP contribution is 2.33. The van der Waals surface area contributed by atoms with Gasteiger partial charge in [0.25, 0.3) is 0 Å². The predicted octanol–water partition coefficient (Wildman–Crippen LogP) is 3.70. The zero-order valence-corrected chi connectivity index (χ0v) is 16.8. The Morgan fingerprint density at radius 1 is 1.41 bits per heavy atom. The largest absolute Gasteiger partial charge is 0.361 e. The number of nitrogens with zero attached hydrogens (tertiary/aromatic N) is 5. The predicted molar refractivity (Wildman–Crippen MR) is 104 cm³/mol. The molecule has 1 fully saturated rings. The van der Waals surface area contributed by atoms with Gasteiger partial charge in [0.05, 0.1) is 6.20 Å². The van der Waals surface area contributed by atoms with E-state index in [4.69, 9.17) is 16.1 Å². The van der Waals surface area contributed by atoms with E-state index in [-0.39, 0.29) is 0 Å². The zero-order valence-electron chi connectivity index (χ0n) is 16.0. The van der Waals surface area contributed by atoms with E-state index >= 15 is 0 Å². The van der Waals surface area contributed by atoms with Gasteiger partial charge in [0.15, 0.2) is 0 Å². The Labute approximate surface area is 163 Å². The Hall–Kier alpha value is -2.12. The third-order valence-corrected chi connectivity index (χ3v) is 5.84. The Morgan fingerprint density at radius 3 is 3.00 bits per heavy atom. The first-order chi connectivity index (χ1) is 13.1. The van der Waals surface area contributed by atoms with E-state index in [1.165, 1.54) is 17.7 Å². The van der Waals surface area contributed by atoms with Crippen LogP contribution < -0.4 is 0 Å². The molecule has 4 rings (SSSR count). The van der Waals surface area contributed by atoms with Gasteiger partial charge in [0.1, 0.15) is 22.3 Å². The molecule has 8 heteroatoms. The van der Waals surface area contributed by atoms with Gasteiger partial charge in [-0.05, 0) is 38.3 Å². The van der Waals surface area contributed by atoms with Crippen LogP contribution in [0.5, 0.6) is 0 Å². The summed E-state index contributed by atoms with van der Waals surface area (Å²) < 4.78 is 6.95. The summed E-state index contributed by atoms with van der Waals surface area (Å²) in [6.45, 7) is 6.84. The van der Waals surface area contributed by atoms with Gasteiger partial charge in [-0.2, -0.15) is 10.2 Å². The second-order valence-corrected chi connectivity index (χ2v) is 7.66. The molecule has 1 N–H and O–H groups in total. The van der Waals surface area contributed by atoms with E-state index in [0.29, 0.717) is 11.1 Å². The van der Waals surface area contributed by atoms with Crippen molar-refractivity contribution >= 4 is 11.6 Å². The average Bonchev–Trinajstić information content (AvgIpc) is 3.37. The van der Waals surface area contributed by atoms with Gasteiger partial charge < -0.3 is 4.52 Å². The van der Waals surface area contributed by atoms with E-state index in [1.807, 2.05) is 26.2 Å². The second kappa shape index (κ2) is 7.48. The first-order valence-electron chi connectivity index (χ1n) is 9.46. The van der Waals surface area contributed by atoms with E-state index in [1.54, 1.807) is 4.68 Å². The van der Waals surface area contributed by atoms with Gasteiger partial charge in [-0.25, -0.2) is 0 Å². The van der Waals surface area contributed by atoms with E-state index in [0.717, 1.165) is 55.2 Å². The molecule has 0 amide bonds. The number of halogens is 1. The van der Waals surface area contributed by atoms with Crippen LogP contribution in [-0.2, 0) is 20.0 Å². The minimum absolute atomic E-state index is 0.476. The maximum Gasteiger partial charge on any atom is 0.134 e. The first-order valence-corrected chi connectivity index (χ1v) is 9.84. The van der Waals surface area contributed by atoms with E-state index < -0.39 is 0 Å². The van der Waals surface area contributed by atoms with Crippen LogP contribution in [0.3, 0.4) is 0 Å². The van der Waals surface area contributed by atoms with Crippen LogP contribution in [0.25, 0.3) is 11.4 Å². The molecule has 1 unspecified atom stereocenters. The summed E-state index contributed by atoms with van der Waals surface area (Å²) >= 11 is 6.57. The summed E-state index contributed by atoms with van der Waals surface area (Å²) in [4.78, 5) is 2.45. The molecule has 1 saturated heterocycles. The highest BCUT2D eigenvalue weighted by molar-refractivity contribution is 6.30. The van der Waals surface area contributed by atoms with Crippen LogP contribution in [0.1, 0.15) is 48.3 Å². The molecule has 1 atom stereocenters. The number of aromatic amines is 1. The van der Waals surface area contributed by atoms with Crippen molar-refractivity contribution in [3.63, 3.8) is 0 Å². The van der Waals surface area contributed by atoms with Crippen molar-refractivity contribution < 1.29 is 4.52 Å². The fourth-order valence-electron chi connectivity index (χ4n) is 3.99. The molecule has 7 nitrogen and oxygen atoms in total. The van der Waals surface area contributed by atoms with Crippen molar-refractivity contribution in [2.75, 3.05) is 13.1 Å². The molecular formula is C19H25ClN6O. The highest BCUT2D eigenvalue weighted by Gasteiger charge is 2.27. The summed E-state index contributed by atoms with van der Waals surface area (Å²) in [6.07, 6.45) is 5.30. The number of aryl methyl sites for hydroxylation is 3. The van der Waals surface area contributed by atoms with Crippen LogP contribution in [-0.4, -0.2) is 43.1 Å². The third-order valence-electron chi connectivity index (χ3n) is 5.37. The van der Waals surface area contributed by atoms with Crippen LogP contribution in [0.15, 0.2) is 16.8 Å². The standard InChI is InChI=1S/C19H25ClN6O/c1-4-13-9-21-22-17(13)14-6-5-7-26(10-14)11-15-18(23-25(3)19(15)20)16-8-12(2)27-24-16/h8-9,14H,4-7,10-11H2,1-3H3,(H,21,22). The molecule has 0 radical (unpaired) electrons. The minimum atomic E-state index is 0.476. The maximum atomic E-state index is 6.57. The average molecular weight is 389 g/mol. The number of nitrogens with one attached hydrogen (secondary N) is 1. The van der Waals surface area contributed by atoms with Gasteiger partial charge in [-0.3, -0.25) is 14.7 Å². The SMILES string of the molecule is CCc1cn[nH]c1C1CCCN(Cc2c(-c3cc(C)on3)nn(C)c2Cl)C1. The molecule has 0 aromatic carbocycles. The zero-order chi connectivity index (χ0) is 19.0. The summed E-state index contributed by atoms with van der Waals surface area (Å²) in [7, 11) is 1.86. The summed E-state index contributed by atoms with van der Waals surface area (Å²) in [5, 5.41) is 16.8. The quantitative estimate of drug-likeness (QED) is 0.721. The Morgan fingerprint density at radius 2 is 2.26 bits per heavy atom. The van der Waals surface area contributed by atoms with E-state index in [9.17, 15) is 0 Å². The topological polar surface area (TPSA) is 75.8 Å². The fourth-order valence-corrected chi connectivity index (χ4v) is 4.17. The number of H-pyrrole nitrogens is 1. The number of piperidine rings is 1. The van der Waals surface area contributed by atoms with Crippen LogP contribution in [0, 0.1) is 6.92 Å². The number of hydrogen-bond donors (Lipinski definition) is 1. The van der Waals surface area contributed by atoms with Crippen LogP contribution >= 0.6 is 11.6 Å². The molecule has 4 heterocycles. The Kier molecular flexibility index (Phi) is 5.06. The highest BCUT2D eigenvalue weighted by atomic mass is 35.5. The fraction of sp³-hybridized carbons (Fsp3) is 0.526. The molecule has 0 aliphatic carbocycles. The number of likely N-dealkylation sites (tertiary alicyclic amines) is 1. The molecular weight excluding hydrogens is 364 g/mol. The number of aromatic nitrogens is 5. The lowest BCUT2D eigenvalue weighted by Crippen LogP contribution is -2.34. The monoisotopic (exact) mass is 388 g/mol. The summed E-state index contributed by atoms with van der Waals surface area (Å²) in [5.41, 5.74) is 5.15. The first kappa shape index (κ1) is 18.3. The molecule has 0 bridgehead atoms. The third kappa shape index (κ3) is 3.53. The second-order valence-electron chi connectivity index (χ2n) is 7.30. The van der Waals surface area contributed by atoms with Gasteiger partial charge >= 0.3 is 0 Å². The maximum absolute atomic E-state index is 6.57. The molecule has 1 aliphatic heterocycles. The minimum Gasteiger partial charge on any atom is -0.361 e. The van der Waals surface area contributed by atoms with Crippen molar-refractivity contribution in [2.24, 2.45) is 7.05 Å². The number of hydrogen-bond acceptors (Lipinski definition) is 5. The van der Waals surface area contributed by atoms with Crippen molar-refractivity contribution in [2.45, 2.75) is 45.6 Å². The molecule has 3 aromatic heterocycles. The summed E-state index contributed by atoms with van der Waals surface area (Å²) in [6, 6.07) is 1.90. The summed E-state index contributed by atoms with van der Waals surface area (Å²) in [5.74, 6) is 1.24. The molecule has 144 valence electrons. The van der Waals surface area contributed by atoms with E-state index in [2.05, 4.69) is 32.3 Å². The normalized spacial score (nSPS) is 18.3. The van der Waals surface area contributed by atoms with Crippen molar-refractivity contribution in [3.05, 3.63) is 40.0 Å². The molecule has 0 saturated carbocycles. The van der Waals surface area contributed by atoms with Gasteiger partial charge in [-0.1, -0.05) is 23.7 Å². The molecule has 1 aliphatic rings. The van der Waals surface area contributed by atoms with Crippen molar-refractivity contribution in [1.82, 2.24) is 30.0 Å². The lowest BCUT2D eigenvalue weighted by atomic mass is 9.91. The Balaban J connectivity index is 1.57. The smallest absolute Gasteiger partial charge is 0.134 e. The van der Waals surface area contributed by atoms with Gasteiger partial charge in [0.2, 0.25) is 0 Å². The van der Waals surface area contributed by atoms with Crippen LogP contribution in [0.4, 0.5) is 0 Å². The molecule has 27 heavy (non-hydrogen) atoms. The van der Waals surface area contributed by atoms with Crippen molar-refractivity contribution in [1.29, 1.82) is 0 Å². The van der Waals surface area contributed by atoms with Gasteiger partial charge in [0, 0.05) is 43.4 Å². The molecule has 0 spiro atoms. The van der Waals surface area contributed by atoms with Gasteiger partial charge in [-0.15, -0.1) is 0 Å². The number of rotatable bonds is 5. The van der Waals surface area contributed by atoms with Crippen molar-refractivity contribution in [3.8, 4) is 11.4 Å². The van der Waals surface area contributed by atoms with Crippen LogP contribution in [0.2, 0.25) is 5.15 Å².